The Balaban J connectivity index is 2.96. The molecule has 0 aliphatic carbocycles. The van der Waals surface area contributed by atoms with E-state index in [0.717, 1.165) is 6.42 Å². The van der Waals surface area contributed by atoms with Gasteiger partial charge >= 0.3 is 5.97 Å². The van der Waals surface area contributed by atoms with E-state index in [9.17, 15) is 9.00 Å². The molecule has 0 amide bonds. The van der Waals surface area contributed by atoms with Crippen LogP contribution in [0.2, 0.25) is 0 Å². The Kier molecular flexibility index (Phi) is 6.59. The van der Waals surface area contributed by atoms with E-state index in [1.165, 1.54) is 5.56 Å². The van der Waals surface area contributed by atoms with Crippen molar-refractivity contribution in [2.24, 2.45) is 0 Å². The number of rotatable bonds is 6. The zero-order valence-corrected chi connectivity index (χ0v) is 14.5. The van der Waals surface area contributed by atoms with Gasteiger partial charge in [-0.2, -0.15) is 0 Å². The van der Waals surface area contributed by atoms with Crippen molar-refractivity contribution in [2.45, 2.75) is 63.0 Å². The molecule has 0 spiro atoms. The zero-order valence-electron chi connectivity index (χ0n) is 13.6. The van der Waals surface area contributed by atoms with Crippen LogP contribution in [0.5, 0.6) is 0 Å². The maximum absolute atomic E-state index is 12.6. The van der Waals surface area contributed by atoms with Crippen LogP contribution in [0, 0.1) is 0 Å². The van der Waals surface area contributed by atoms with Gasteiger partial charge in [-0.05, 0) is 36.5 Å². The van der Waals surface area contributed by atoms with E-state index >= 15 is 0 Å². The summed E-state index contributed by atoms with van der Waals surface area (Å²) in [5.41, 5.74) is 1.25. The third-order valence-electron chi connectivity index (χ3n) is 3.31. The third kappa shape index (κ3) is 4.95. The quantitative estimate of drug-likeness (QED) is 0.750. The molecule has 1 aromatic rings. The first-order valence-electron chi connectivity index (χ1n) is 7.49. The Bertz CT molecular complexity index is 486. The van der Waals surface area contributed by atoms with Crippen molar-refractivity contribution in [1.82, 2.24) is 0 Å². The van der Waals surface area contributed by atoms with Crippen LogP contribution in [0.25, 0.3) is 0 Å². The zero-order chi connectivity index (χ0) is 16.0. The van der Waals surface area contributed by atoms with Crippen LogP contribution in [0.1, 0.15) is 53.0 Å². The van der Waals surface area contributed by atoms with Crippen LogP contribution in [0.15, 0.2) is 29.2 Å². The first-order chi connectivity index (χ1) is 9.81. The number of hydrogen-bond donors (Lipinski definition) is 0. The van der Waals surface area contributed by atoms with Gasteiger partial charge in [0.1, 0.15) is 5.25 Å². The van der Waals surface area contributed by atoms with Gasteiger partial charge in [-0.3, -0.25) is 9.00 Å². The summed E-state index contributed by atoms with van der Waals surface area (Å²) in [6, 6.07) is 7.69. The Hall–Kier alpha value is -1.16. The minimum absolute atomic E-state index is 0.0595. The SMILES string of the molecule is CCCC(C(=O)OCC)S(=O)c1ccc(C(C)(C)C)cc1. The molecular weight excluding hydrogens is 284 g/mol. The molecule has 0 fully saturated rings. The number of hydrogen-bond acceptors (Lipinski definition) is 3. The normalized spacial score (nSPS) is 14.5. The lowest BCUT2D eigenvalue weighted by molar-refractivity contribution is -0.142. The lowest BCUT2D eigenvalue weighted by Gasteiger charge is -2.20. The first-order valence-corrected chi connectivity index (χ1v) is 8.70. The van der Waals surface area contributed by atoms with Gasteiger partial charge in [0.25, 0.3) is 0 Å². The molecule has 2 atom stereocenters. The van der Waals surface area contributed by atoms with E-state index < -0.39 is 16.0 Å². The predicted molar refractivity (Wildman–Crippen MR) is 86.9 cm³/mol. The highest BCUT2D eigenvalue weighted by molar-refractivity contribution is 7.86. The molecule has 0 N–H and O–H groups in total. The van der Waals surface area contributed by atoms with Crippen molar-refractivity contribution in [1.29, 1.82) is 0 Å². The fourth-order valence-electron chi connectivity index (χ4n) is 2.06. The van der Waals surface area contributed by atoms with Gasteiger partial charge in [0, 0.05) is 4.90 Å². The van der Waals surface area contributed by atoms with Crippen LogP contribution < -0.4 is 0 Å². The van der Waals surface area contributed by atoms with Crippen molar-refractivity contribution < 1.29 is 13.7 Å². The summed E-state index contributed by atoms with van der Waals surface area (Å²) >= 11 is 0. The van der Waals surface area contributed by atoms with E-state index in [2.05, 4.69) is 20.8 Å². The molecule has 4 heteroatoms. The Morgan fingerprint density at radius 1 is 1.19 bits per heavy atom. The lowest BCUT2D eigenvalue weighted by atomic mass is 9.87. The second-order valence-corrected chi connectivity index (χ2v) is 7.74. The maximum atomic E-state index is 12.6. The number of ether oxygens (including phenoxy) is 1. The fraction of sp³-hybridized carbons (Fsp3) is 0.588. The minimum atomic E-state index is -1.36. The van der Waals surface area contributed by atoms with Gasteiger partial charge in [-0.15, -0.1) is 0 Å². The lowest BCUT2D eigenvalue weighted by Crippen LogP contribution is -2.28. The molecule has 2 unspecified atom stereocenters. The number of esters is 1. The van der Waals surface area contributed by atoms with Gasteiger partial charge in [-0.1, -0.05) is 46.2 Å². The van der Waals surface area contributed by atoms with Crippen molar-refractivity contribution in [2.75, 3.05) is 6.61 Å². The molecular formula is C17H26O3S. The summed E-state index contributed by atoms with van der Waals surface area (Å²) < 4.78 is 17.7. The Morgan fingerprint density at radius 2 is 1.76 bits per heavy atom. The van der Waals surface area contributed by atoms with Crippen molar-refractivity contribution in [3.63, 3.8) is 0 Å². The van der Waals surface area contributed by atoms with E-state index in [1.807, 2.05) is 31.2 Å². The molecule has 0 saturated heterocycles. The summed E-state index contributed by atoms with van der Waals surface area (Å²) in [6.07, 6.45) is 1.38. The van der Waals surface area contributed by atoms with Gasteiger partial charge in [-0.25, -0.2) is 0 Å². The molecule has 3 nitrogen and oxygen atoms in total. The van der Waals surface area contributed by atoms with Crippen LogP contribution in [-0.4, -0.2) is 22.0 Å². The smallest absolute Gasteiger partial charge is 0.322 e. The molecule has 1 aromatic carbocycles. The highest BCUT2D eigenvalue weighted by Gasteiger charge is 2.27. The van der Waals surface area contributed by atoms with Crippen molar-refractivity contribution >= 4 is 16.8 Å². The van der Waals surface area contributed by atoms with Crippen LogP contribution in [0.3, 0.4) is 0 Å². The van der Waals surface area contributed by atoms with Crippen LogP contribution >= 0.6 is 0 Å². The topological polar surface area (TPSA) is 43.4 Å². The van der Waals surface area contributed by atoms with Crippen molar-refractivity contribution in [3.8, 4) is 0 Å². The van der Waals surface area contributed by atoms with Gasteiger partial charge in [0.05, 0.1) is 17.4 Å². The Labute approximate surface area is 130 Å². The van der Waals surface area contributed by atoms with Gasteiger partial charge < -0.3 is 4.74 Å². The highest BCUT2D eigenvalue weighted by Crippen LogP contribution is 2.24. The van der Waals surface area contributed by atoms with E-state index in [-0.39, 0.29) is 11.4 Å². The average Bonchev–Trinajstić information content (AvgIpc) is 2.43. The van der Waals surface area contributed by atoms with E-state index in [4.69, 9.17) is 4.74 Å². The van der Waals surface area contributed by atoms with Crippen LogP contribution in [0.4, 0.5) is 0 Å². The molecule has 0 aromatic heterocycles. The summed E-state index contributed by atoms with van der Waals surface area (Å²) in [5.74, 6) is -0.363. The molecule has 0 saturated carbocycles. The van der Waals surface area contributed by atoms with E-state index in [0.29, 0.717) is 17.9 Å². The molecule has 0 aliphatic rings. The molecule has 0 bridgehead atoms. The monoisotopic (exact) mass is 310 g/mol. The number of benzene rings is 1. The van der Waals surface area contributed by atoms with E-state index in [1.54, 1.807) is 6.92 Å². The molecule has 0 radical (unpaired) electrons. The summed E-state index contributed by atoms with van der Waals surface area (Å²) in [7, 11) is -1.36. The largest absolute Gasteiger partial charge is 0.465 e. The molecule has 118 valence electrons. The number of carbonyl (C=O) groups excluding carboxylic acids is 1. The second kappa shape index (κ2) is 7.74. The Morgan fingerprint density at radius 3 is 2.19 bits per heavy atom. The molecule has 21 heavy (non-hydrogen) atoms. The average molecular weight is 310 g/mol. The van der Waals surface area contributed by atoms with Gasteiger partial charge in [0.15, 0.2) is 0 Å². The standard InChI is InChI=1S/C17H26O3S/c1-6-8-15(16(18)20-7-2)21(19)14-11-9-13(10-12-14)17(3,4)5/h9-12,15H,6-8H2,1-5H3. The fourth-order valence-corrected chi connectivity index (χ4v) is 3.49. The predicted octanol–water partition coefficient (Wildman–Crippen LogP) is 3.82. The molecule has 1 rings (SSSR count). The molecule has 0 heterocycles. The summed E-state index contributed by atoms with van der Waals surface area (Å²) in [6.45, 7) is 10.5. The molecule has 0 aliphatic heterocycles. The first kappa shape index (κ1) is 17.9. The second-order valence-electron chi connectivity index (χ2n) is 6.10. The number of carbonyl (C=O) groups is 1. The highest BCUT2D eigenvalue weighted by atomic mass is 32.2. The minimum Gasteiger partial charge on any atom is -0.465 e. The summed E-state index contributed by atoms with van der Waals surface area (Å²) in [5, 5.41) is -0.574. The van der Waals surface area contributed by atoms with Crippen LogP contribution in [-0.2, 0) is 25.7 Å². The van der Waals surface area contributed by atoms with Crippen molar-refractivity contribution in [3.05, 3.63) is 29.8 Å². The maximum Gasteiger partial charge on any atom is 0.322 e. The summed E-state index contributed by atoms with van der Waals surface area (Å²) in [4.78, 5) is 12.6. The third-order valence-corrected chi connectivity index (χ3v) is 4.99. The van der Waals surface area contributed by atoms with Gasteiger partial charge in [0.2, 0.25) is 0 Å².